The molecule has 1 rings (SSSR count). The molecule has 3 heteroatoms. The molecule has 0 aliphatic carbocycles. The number of nitriles is 1. The van der Waals surface area contributed by atoms with Crippen LogP contribution < -0.4 is 5.32 Å². The van der Waals surface area contributed by atoms with Gasteiger partial charge in [-0.2, -0.15) is 5.26 Å². The van der Waals surface area contributed by atoms with E-state index in [1.165, 1.54) is 5.56 Å². The number of aliphatic hydroxyl groups excluding tert-OH is 1. The zero-order valence-electron chi connectivity index (χ0n) is 12.8. The van der Waals surface area contributed by atoms with Crippen molar-refractivity contribution >= 4 is 0 Å². The van der Waals surface area contributed by atoms with Gasteiger partial charge in [0.15, 0.2) is 0 Å². The van der Waals surface area contributed by atoms with E-state index in [9.17, 15) is 5.26 Å². The van der Waals surface area contributed by atoms with E-state index in [2.05, 4.69) is 44.3 Å². The van der Waals surface area contributed by atoms with Gasteiger partial charge in [0.05, 0.1) is 18.1 Å². The van der Waals surface area contributed by atoms with E-state index in [-0.39, 0.29) is 12.5 Å². The van der Waals surface area contributed by atoms with Crippen LogP contribution in [0.25, 0.3) is 0 Å². The molecule has 3 nitrogen and oxygen atoms in total. The number of nitrogens with one attached hydrogen (secondary N) is 1. The fraction of sp³-hybridized carbons (Fsp3) is 0.588. The Hall–Kier alpha value is -1.37. The van der Waals surface area contributed by atoms with E-state index in [4.69, 9.17) is 5.11 Å². The molecule has 0 radical (unpaired) electrons. The summed E-state index contributed by atoms with van der Waals surface area (Å²) >= 11 is 0. The third kappa shape index (κ3) is 3.82. The van der Waals surface area contributed by atoms with Crippen LogP contribution in [0, 0.1) is 24.2 Å². The minimum atomic E-state index is -0.424. The average molecular weight is 274 g/mol. The first-order valence-corrected chi connectivity index (χ1v) is 7.37. The molecule has 1 aromatic carbocycles. The Morgan fingerprint density at radius 2 is 2.00 bits per heavy atom. The van der Waals surface area contributed by atoms with E-state index >= 15 is 0 Å². The summed E-state index contributed by atoms with van der Waals surface area (Å²) in [5.74, 6) is 0.270. The highest BCUT2D eigenvalue weighted by molar-refractivity contribution is 5.39. The van der Waals surface area contributed by atoms with E-state index in [1.54, 1.807) is 0 Å². The fourth-order valence-corrected chi connectivity index (χ4v) is 2.75. The standard InChI is InChI=1S/C17H26N2O/c1-14(2)17(13-18,9-6-10-19-11-12-20)16-8-5-4-7-15(16)3/h4-5,7-8,14,19-20H,6,9-12H2,1-3H3. The van der Waals surface area contributed by atoms with E-state index in [0.717, 1.165) is 24.9 Å². The SMILES string of the molecule is Cc1ccccc1C(C#N)(CCCNCCO)C(C)C. The topological polar surface area (TPSA) is 56.0 Å². The molecule has 1 atom stereocenters. The van der Waals surface area contributed by atoms with Crippen molar-refractivity contribution in [1.29, 1.82) is 5.26 Å². The van der Waals surface area contributed by atoms with E-state index in [1.807, 2.05) is 12.1 Å². The van der Waals surface area contributed by atoms with Crippen molar-refractivity contribution in [1.82, 2.24) is 5.32 Å². The molecule has 0 bridgehead atoms. The third-order valence-electron chi connectivity index (χ3n) is 4.02. The molecule has 2 N–H and O–H groups in total. The highest BCUT2D eigenvalue weighted by Gasteiger charge is 2.36. The van der Waals surface area contributed by atoms with Gasteiger partial charge in [0.2, 0.25) is 0 Å². The molecular formula is C17H26N2O. The second kappa shape index (κ2) is 8.04. The van der Waals surface area contributed by atoms with Gasteiger partial charge in [-0.25, -0.2) is 0 Å². The molecule has 1 aromatic rings. The molecule has 20 heavy (non-hydrogen) atoms. The number of benzene rings is 1. The smallest absolute Gasteiger partial charge is 0.0848 e. The average Bonchev–Trinajstić information content (AvgIpc) is 2.44. The first kappa shape index (κ1) is 16.7. The molecule has 110 valence electrons. The Balaban J connectivity index is 2.88. The summed E-state index contributed by atoms with van der Waals surface area (Å²) in [6, 6.07) is 10.8. The highest BCUT2D eigenvalue weighted by atomic mass is 16.3. The lowest BCUT2D eigenvalue weighted by atomic mass is 9.68. The summed E-state index contributed by atoms with van der Waals surface area (Å²) in [6.07, 6.45) is 1.77. The van der Waals surface area contributed by atoms with Crippen LogP contribution in [-0.2, 0) is 5.41 Å². The van der Waals surface area contributed by atoms with Gasteiger partial charge < -0.3 is 10.4 Å². The van der Waals surface area contributed by atoms with Crippen LogP contribution in [0.5, 0.6) is 0 Å². The summed E-state index contributed by atoms with van der Waals surface area (Å²) in [5, 5.41) is 21.8. The van der Waals surface area contributed by atoms with Crippen molar-refractivity contribution in [2.45, 2.75) is 39.0 Å². The maximum atomic E-state index is 9.82. The molecule has 0 aliphatic heterocycles. The van der Waals surface area contributed by atoms with Crippen molar-refractivity contribution in [3.63, 3.8) is 0 Å². The van der Waals surface area contributed by atoms with Crippen molar-refractivity contribution in [3.8, 4) is 6.07 Å². The Bertz CT molecular complexity index is 451. The summed E-state index contributed by atoms with van der Waals surface area (Å²) in [4.78, 5) is 0. The minimum absolute atomic E-state index is 0.158. The lowest BCUT2D eigenvalue weighted by molar-refractivity contribution is 0.289. The van der Waals surface area contributed by atoms with E-state index < -0.39 is 5.41 Å². The maximum Gasteiger partial charge on any atom is 0.0848 e. The van der Waals surface area contributed by atoms with Gasteiger partial charge in [0.1, 0.15) is 0 Å². The molecular weight excluding hydrogens is 248 g/mol. The monoisotopic (exact) mass is 274 g/mol. The van der Waals surface area contributed by atoms with Crippen molar-refractivity contribution in [2.75, 3.05) is 19.7 Å². The summed E-state index contributed by atoms with van der Waals surface area (Å²) < 4.78 is 0. The molecule has 0 fully saturated rings. The van der Waals surface area contributed by atoms with Gasteiger partial charge in [-0.05, 0) is 43.4 Å². The van der Waals surface area contributed by atoms with Gasteiger partial charge in [-0.15, -0.1) is 0 Å². The third-order valence-corrected chi connectivity index (χ3v) is 4.02. The summed E-state index contributed by atoms with van der Waals surface area (Å²) in [7, 11) is 0. The first-order valence-electron chi connectivity index (χ1n) is 7.37. The van der Waals surface area contributed by atoms with Crippen molar-refractivity contribution < 1.29 is 5.11 Å². The van der Waals surface area contributed by atoms with Crippen molar-refractivity contribution in [2.24, 2.45) is 5.92 Å². The van der Waals surface area contributed by atoms with Crippen LogP contribution in [0.15, 0.2) is 24.3 Å². The summed E-state index contributed by atoms with van der Waals surface area (Å²) in [6.45, 7) is 7.93. The number of nitrogens with zero attached hydrogens (tertiary/aromatic N) is 1. The normalized spacial score (nSPS) is 14.0. The zero-order chi connectivity index (χ0) is 15.0. The van der Waals surface area contributed by atoms with Crippen LogP contribution in [0.1, 0.15) is 37.8 Å². The van der Waals surface area contributed by atoms with Gasteiger partial charge >= 0.3 is 0 Å². The number of rotatable bonds is 8. The lowest BCUT2D eigenvalue weighted by Crippen LogP contribution is -2.33. The molecule has 0 heterocycles. The molecule has 1 unspecified atom stereocenters. The van der Waals surface area contributed by atoms with Gasteiger partial charge in [0.25, 0.3) is 0 Å². The molecule has 0 aromatic heterocycles. The molecule has 0 saturated carbocycles. The second-order valence-electron chi connectivity index (χ2n) is 5.63. The number of hydrogen-bond donors (Lipinski definition) is 2. The van der Waals surface area contributed by atoms with Crippen LogP contribution in [0.3, 0.4) is 0 Å². The number of aryl methyl sites for hydroxylation is 1. The van der Waals surface area contributed by atoms with Crippen LogP contribution in [-0.4, -0.2) is 24.8 Å². The predicted molar refractivity (Wildman–Crippen MR) is 82.5 cm³/mol. The number of hydrogen-bond acceptors (Lipinski definition) is 3. The van der Waals surface area contributed by atoms with Gasteiger partial charge in [-0.3, -0.25) is 0 Å². The van der Waals surface area contributed by atoms with Gasteiger partial charge in [-0.1, -0.05) is 38.1 Å². The zero-order valence-corrected chi connectivity index (χ0v) is 12.8. The molecule has 0 amide bonds. The molecule has 0 spiro atoms. The van der Waals surface area contributed by atoms with E-state index in [0.29, 0.717) is 6.54 Å². The summed E-state index contributed by atoms with van der Waals surface area (Å²) in [5.41, 5.74) is 1.91. The number of aliphatic hydroxyl groups is 1. The molecule has 0 saturated heterocycles. The molecule has 0 aliphatic rings. The Morgan fingerprint density at radius 1 is 1.30 bits per heavy atom. The van der Waals surface area contributed by atoms with Crippen LogP contribution >= 0.6 is 0 Å². The van der Waals surface area contributed by atoms with Crippen LogP contribution in [0.4, 0.5) is 0 Å². The Kier molecular flexibility index (Phi) is 6.70. The van der Waals surface area contributed by atoms with Crippen LogP contribution in [0.2, 0.25) is 0 Å². The quantitative estimate of drug-likeness (QED) is 0.717. The largest absolute Gasteiger partial charge is 0.395 e. The Morgan fingerprint density at radius 3 is 2.55 bits per heavy atom. The predicted octanol–water partition coefficient (Wildman–Crippen LogP) is 2.77. The van der Waals surface area contributed by atoms with Gasteiger partial charge in [0, 0.05) is 6.54 Å². The maximum absolute atomic E-state index is 9.82. The highest BCUT2D eigenvalue weighted by Crippen LogP contribution is 2.37. The lowest BCUT2D eigenvalue weighted by Gasteiger charge is -2.33. The van der Waals surface area contributed by atoms with Crippen molar-refractivity contribution in [3.05, 3.63) is 35.4 Å². The minimum Gasteiger partial charge on any atom is -0.395 e. The first-order chi connectivity index (χ1) is 9.58. The second-order valence-corrected chi connectivity index (χ2v) is 5.63. The fourth-order valence-electron chi connectivity index (χ4n) is 2.75. The Labute approximate surface area is 122 Å².